The van der Waals surface area contributed by atoms with Crippen LogP contribution in [-0.2, 0) is 42.2 Å². The van der Waals surface area contributed by atoms with Crippen LogP contribution in [0, 0.1) is 0 Å². The number of ether oxygens (including phenoxy) is 3. The van der Waals surface area contributed by atoms with Gasteiger partial charge in [-0.25, -0.2) is 4.57 Å². The van der Waals surface area contributed by atoms with Gasteiger partial charge < -0.3 is 24.2 Å². The van der Waals surface area contributed by atoms with Gasteiger partial charge in [-0.3, -0.25) is 23.4 Å². The van der Waals surface area contributed by atoms with Crippen molar-refractivity contribution in [1.82, 2.24) is 0 Å². The molecule has 0 aliphatic rings. The molecule has 0 saturated heterocycles. The van der Waals surface area contributed by atoms with Crippen LogP contribution in [0.4, 0.5) is 0 Å². The lowest BCUT2D eigenvalue weighted by Crippen LogP contribution is -2.30. The minimum absolute atomic E-state index is 0.142. The lowest BCUT2D eigenvalue weighted by molar-refractivity contribution is -0.161. The molecular weight excluding hydrogens is 952 g/mol. The van der Waals surface area contributed by atoms with E-state index in [1.54, 1.807) is 0 Å². The number of phosphoric acid groups is 1. The number of phosphoric ester groups is 1. The molecule has 0 bridgehead atoms. The SMILES string of the molecule is CC/C=C\C/C=C\C/C=C\CCCCCC(=O)OC(CO)COP(=O)(O)OCC(COC(=O)CCCCCCCCCCC/C=C\C/C=C\CCCCC)OC(=O)CCCCCCCCCCCCCCCCC. The predicted octanol–water partition coefficient (Wildman–Crippen LogP) is 17.9. The fourth-order valence-electron chi connectivity index (χ4n) is 8.34. The molecule has 0 rings (SSSR count). The maximum Gasteiger partial charge on any atom is 0.472 e. The Bertz CT molecular complexity index is 1470. The van der Waals surface area contributed by atoms with E-state index in [1.807, 2.05) is 0 Å². The molecule has 0 aromatic heterocycles. The van der Waals surface area contributed by atoms with Crippen molar-refractivity contribution in [3.05, 3.63) is 60.8 Å². The molecule has 0 aliphatic carbocycles. The Morgan fingerprint density at radius 3 is 1.12 bits per heavy atom. The van der Waals surface area contributed by atoms with E-state index in [0.717, 1.165) is 89.9 Å². The summed E-state index contributed by atoms with van der Waals surface area (Å²) in [4.78, 5) is 48.6. The molecule has 0 aromatic carbocycles. The molecule has 11 nitrogen and oxygen atoms in total. The zero-order chi connectivity index (χ0) is 54.1. The van der Waals surface area contributed by atoms with Crippen molar-refractivity contribution in [2.45, 2.75) is 290 Å². The van der Waals surface area contributed by atoms with Gasteiger partial charge in [0.1, 0.15) is 12.7 Å². The number of aliphatic hydroxyl groups is 1. The van der Waals surface area contributed by atoms with E-state index in [1.165, 1.54) is 128 Å². The van der Waals surface area contributed by atoms with Crippen molar-refractivity contribution in [2.75, 3.05) is 26.4 Å². The molecule has 0 fully saturated rings. The van der Waals surface area contributed by atoms with Crippen LogP contribution in [0.1, 0.15) is 278 Å². The Kier molecular flexibility index (Phi) is 54.2. The summed E-state index contributed by atoms with van der Waals surface area (Å²) in [6.45, 7) is 4.50. The number of unbranched alkanes of at least 4 members (excludes halogenated alkanes) is 29. The van der Waals surface area contributed by atoms with Gasteiger partial charge in [-0.1, -0.05) is 236 Å². The molecule has 0 radical (unpaired) electrons. The van der Waals surface area contributed by atoms with E-state index < -0.39 is 57.8 Å². The number of hydrogen-bond donors (Lipinski definition) is 2. The Balaban J connectivity index is 4.71. The molecule has 0 aliphatic heterocycles. The molecule has 0 saturated carbocycles. The zero-order valence-electron chi connectivity index (χ0n) is 47.6. The highest BCUT2D eigenvalue weighted by Gasteiger charge is 2.28. The summed E-state index contributed by atoms with van der Waals surface area (Å²) < 4.78 is 39.5. The van der Waals surface area contributed by atoms with Crippen molar-refractivity contribution >= 4 is 25.7 Å². The van der Waals surface area contributed by atoms with Crippen molar-refractivity contribution in [1.29, 1.82) is 0 Å². The van der Waals surface area contributed by atoms with E-state index in [0.29, 0.717) is 19.3 Å². The van der Waals surface area contributed by atoms with Crippen molar-refractivity contribution in [3.63, 3.8) is 0 Å². The number of rotatable bonds is 56. The number of aliphatic hydroxyl groups excluding tert-OH is 1. The minimum Gasteiger partial charge on any atom is -0.462 e. The standard InChI is InChI=1S/C62H111O11P/c1-4-7-10-13-16-19-22-25-27-28-29-30-32-34-36-39-42-45-48-51-60(64)69-55-59(73-62(66)53-50-47-44-41-38-35-31-26-23-20-17-14-11-8-5-2)57-71-74(67,68)70-56-58(54-63)72-61(65)52-49-46-43-40-37-33-24-21-18-15-12-9-6-3/h9,12,16,18-19,21,25,27,33,37,58-59,63H,4-8,10-11,13-15,17,20,22-24,26,28-32,34-36,38-57H2,1-3H3,(H,67,68)/b12-9-,19-16-,21-18-,27-25-,37-33-. The second-order valence-electron chi connectivity index (χ2n) is 20.1. The van der Waals surface area contributed by atoms with Crippen LogP contribution >= 0.6 is 7.82 Å². The fourth-order valence-corrected chi connectivity index (χ4v) is 9.13. The number of carbonyl (C=O) groups excluding carboxylic acids is 3. The van der Waals surface area contributed by atoms with Gasteiger partial charge in [-0.05, 0) is 83.5 Å². The number of carbonyl (C=O) groups is 3. The predicted molar refractivity (Wildman–Crippen MR) is 307 cm³/mol. The van der Waals surface area contributed by atoms with Gasteiger partial charge in [-0.2, -0.15) is 0 Å². The van der Waals surface area contributed by atoms with E-state index >= 15 is 0 Å². The average Bonchev–Trinajstić information content (AvgIpc) is 3.39. The second-order valence-corrected chi connectivity index (χ2v) is 21.6. The van der Waals surface area contributed by atoms with Crippen molar-refractivity contribution in [2.24, 2.45) is 0 Å². The summed E-state index contributed by atoms with van der Waals surface area (Å²) in [7, 11) is -4.75. The average molecular weight is 1060 g/mol. The highest BCUT2D eigenvalue weighted by atomic mass is 31.2. The normalized spacial score (nSPS) is 13.7. The highest BCUT2D eigenvalue weighted by Crippen LogP contribution is 2.43. The smallest absolute Gasteiger partial charge is 0.462 e. The van der Waals surface area contributed by atoms with Gasteiger partial charge in [0.2, 0.25) is 0 Å². The first-order chi connectivity index (χ1) is 36.2. The molecule has 12 heteroatoms. The van der Waals surface area contributed by atoms with Crippen molar-refractivity contribution in [3.8, 4) is 0 Å². The summed E-state index contributed by atoms with van der Waals surface area (Å²) in [6.07, 6.45) is 61.8. The maximum absolute atomic E-state index is 12.9. The molecule has 0 amide bonds. The molecular formula is C62H111O11P. The van der Waals surface area contributed by atoms with Gasteiger partial charge in [0.25, 0.3) is 0 Å². The summed E-state index contributed by atoms with van der Waals surface area (Å²) in [6, 6.07) is 0. The Labute approximate surface area is 453 Å². The van der Waals surface area contributed by atoms with Gasteiger partial charge >= 0.3 is 25.7 Å². The Morgan fingerprint density at radius 2 is 0.703 bits per heavy atom. The topological polar surface area (TPSA) is 155 Å². The largest absolute Gasteiger partial charge is 0.472 e. The molecule has 2 N–H and O–H groups in total. The molecule has 0 heterocycles. The Hall–Kier alpha value is -2.82. The number of hydrogen-bond acceptors (Lipinski definition) is 10. The first-order valence-corrected chi connectivity index (χ1v) is 31.7. The summed E-state index contributed by atoms with van der Waals surface area (Å²) in [5.74, 6) is -1.49. The van der Waals surface area contributed by atoms with Crippen LogP contribution in [0.2, 0.25) is 0 Å². The highest BCUT2D eigenvalue weighted by molar-refractivity contribution is 7.47. The lowest BCUT2D eigenvalue weighted by Gasteiger charge is -2.21. The van der Waals surface area contributed by atoms with Crippen LogP contribution in [0.25, 0.3) is 0 Å². The molecule has 0 spiro atoms. The van der Waals surface area contributed by atoms with Crippen LogP contribution in [-0.4, -0.2) is 66.5 Å². The summed E-state index contributed by atoms with van der Waals surface area (Å²) >= 11 is 0. The van der Waals surface area contributed by atoms with Crippen molar-refractivity contribution < 1.29 is 52.2 Å². The minimum atomic E-state index is -4.75. The van der Waals surface area contributed by atoms with Gasteiger partial charge in [-0.15, -0.1) is 0 Å². The Morgan fingerprint density at radius 1 is 0.392 bits per heavy atom. The van der Waals surface area contributed by atoms with E-state index in [9.17, 15) is 28.9 Å². The molecule has 3 unspecified atom stereocenters. The molecule has 3 atom stereocenters. The van der Waals surface area contributed by atoms with Gasteiger partial charge in [0, 0.05) is 19.3 Å². The third-order valence-corrected chi connectivity index (χ3v) is 13.9. The van der Waals surface area contributed by atoms with Gasteiger partial charge in [0.15, 0.2) is 6.10 Å². The lowest BCUT2D eigenvalue weighted by atomic mass is 10.0. The molecule has 0 aromatic rings. The first-order valence-electron chi connectivity index (χ1n) is 30.2. The van der Waals surface area contributed by atoms with Gasteiger partial charge in [0.05, 0.1) is 19.8 Å². The molecule has 430 valence electrons. The van der Waals surface area contributed by atoms with E-state index in [2.05, 4.69) is 81.5 Å². The third-order valence-electron chi connectivity index (χ3n) is 12.9. The van der Waals surface area contributed by atoms with E-state index in [-0.39, 0.29) is 25.9 Å². The van der Waals surface area contributed by atoms with Crippen LogP contribution in [0.5, 0.6) is 0 Å². The van der Waals surface area contributed by atoms with Crippen LogP contribution in [0.3, 0.4) is 0 Å². The summed E-state index contributed by atoms with van der Waals surface area (Å²) in [5, 5.41) is 9.81. The van der Waals surface area contributed by atoms with E-state index in [4.69, 9.17) is 23.3 Å². The second kappa shape index (κ2) is 56.4. The summed E-state index contributed by atoms with van der Waals surface area (Å²) in [5.41, 5.74) is 0. The fraction of sp³-hybridized carbons (Fsp3) is 0.790. The number of esters is 3. The maximum atomic E-state index is 12.9. The first kappa shape index (κ1) is 71.2. The number of allylic oxidation sites excluding steroid dienone is 10. The zero-order valence-corrected chi connectivity index (χ0v) is 48.5. The quantitative estimate of drug-likeness (QED) is 0.0197. The monoisotopic (exact) mass is 1060 g/mol. The molecule has 74 heavy (non-hydrogen) atoms. The van der Waals surface area contributed by atoms with Crippen LogP contribution < -0.4 is 0 Å². The third kappa shape index (κ3) is 54.0. The van der Waals surface area contributed by atoms with Crippen LogP contribution in [0.15, 0.2) is 60.8 Å².